The Bertz CT molecular complexity index is 1710. The van der Waals surface area contributed by atoms with Gasteiger partial charge in [-0.3, -0.25) is 0 Å². The van der Waals surface area contributed by atoms with Gasteiger partial charge in [0.05, 0.1) is 17.9 Å². The zero-order chi connectivity index (χ0) is 35.7. The van der Waals surface area contributed by atoms with E-state index in [1.165, 1.54) is 20.6 Å². The first kappa shape index (κ1) is 38.4. The van der Waals surface area contributed by atoms with E-state index in [1.54, 1.807) is 0 Å². The fourth-order valence-corrected chi connectivity index (χ4v) is 8.69. The molecule has 0 saturated heterocycles. The highest BCUT2D eigenvalue weighted by Gasteiger charge is 2.34. The zero-order valence-corrected chi connectivity index (χ0v) is 31.9. The molecule has 0 bridgehead atoms. The van der Waals surface area contributed by atoms with Crippen LogP contribution in [0.15, 0.2) is 97.6 Å². The quantitative estimate of drug-likeness (QED) is 0.0759. The second-order valence-corrected chi connectivity index (χ2v) is 17.6. The topological polar surface area (TPSA) is 71.1 Å². The van der Waals surface area contributed by atoms with Crippen molar-refractivity contribution in [1.82, 2.24) is 0 Å². The van der Waals surface area contributed by atoms with Crippen molar-refractivity contribution in [2.75, 3.05) is 14.2 Å². The standard InChI is InChI=1S/C41H52O6P2/c1-9-10-11-18-25-41(5,6)35-27-38(46-48(42,44-7)29-33-19-14-12-15-20-33)40(37-26-32(4)23-24-36(37)31(2)3)39(28-35)47-49(43,45-8)30-34-21-16-13-17-22-34/h12-17,19-24,26-28H,2,9-11,18,25,29-30H2,1,3-8H3. The summed E-state index contributed by atoms with van der Waals surface area (Å²) in [6, 6.07) is 29.0. The molecule has 0 N–H and O–H groups in total. The van der Waals surface area contributed by atoms with Crippen LogP contribution in [0.1, 0.15) is 87.6 Å². The average molecular weight is 703 g/mol. The molecule has 2 atom stereocenters. The average Bonchev–Trinajstić information content (AvgIpc) is 3.07. The maximum absolute atomic E-state index is 14.5. The van der Waals surface area contributed by atoms with Crippen LogP contribution in [0.4, 0.5) is 0 Å². The first-order valence-electron chi connectivity index (χ1n) is 17.0. The van der Waals surface area contributed by atoms with E-state index in [9.17, 15) is 9.13 Å². The minimum Gasteiger partial charge on any atom is -0.423 e. The van der Waals surface area contributed by atoms with Gasteiger partial charge in [-0.05, 0) is 65.6 Å². The predicted octanol–water partition coefficient (Wildman–Crippen LogP) is 12.8. The van der Waals surface area contributed by atoms with Crippen LogP contribution in [0.5, 0.6) is 11.5 Å². The van der Waals surface area contributed by atoms with Gasteiger partial charge in [0.15, 0.2) is 0 Å². The molecule has 0 spiro atoms. The third-order valence-electron chi connectivity index (χ3n) is 8.88. The Morgan fingerprint density at radius 1 is 0.735 bits per heavy atom. The molecule has 0 aliphatic carbocycles. The summed E-state index contributed by atoms with van der Waals surface area (Å²) in [7, 11) is -4.69. The first-order valence-corrected chi connectivity index (χ1v) is 20.5. The summed E-state index contributed by atoms with van der Waals surface area (Å²) in [6.45, 7) is 14.8. The molecule has 0 aliphatic rings. The highest BCUT2D eigenvalue weighted by atomic mass is 31.2. The van der Waals surface area contributed by atoms with Gasteiger partial charge in [-0.2, -0.15) is 0 Å². The van der Waals surface area contributed by atoms with Crippen molar-refractivity contribution in [2.45, 2.75) is 84.5 Å². The SMILES string of the molecule is C=C(C)c1ccc(C)cc1-c1c(OP(=O)(Cc2ccccc2)OC)cc(C(C)(C)CCCCCC)cc1OP(=O)(Cc1ccccc1)OC. The summed E-state index contributed by atoms with van der Waals surface area (Å²) in [4.78, 5) is 0. The molecule has 4 aromatic carbocycles. The molecule has 262 valence electrons. The van der Waals surface area contributed by atoms with E-state index in [4.69, 9.17) is 18.1 Å². The summed E-state index contributed by atoms with van der Waals surface area (Å²) in [5.74, 6) is 0.649. The summed E-state index contributed by atoms with van der Waals surface area (Å²) >= 11 is 0. The van der Waals surface area contributed by atoms with Crippen LogP contribution in [0, 0.1) is 6.92 Å². The van der Waals surface area contributed by atoms with Gasteiger partial charge in [0.25, 0.3) is 0 Å². The molecule has 0 fully saturated rings. The maximum atomic E-state index is 14.5. The fraction of sp³-hybridized carbons (Fsp3) is 0.366. The lowest BCUT2D eigenvalue weighted by Gasteiger charge is -2.30. The molecule has 0 aliphatic heterocycles. The van der Waals surface area contributed by atoms with Crippen molar-refractivity contribution < 1.29 is 27.2 Å². The van der Waals surface area contributed by atoms with Crippen molar-refractivity contribution >= 4 is 20.8 Å². The maximum Gasteiger partial charge on any atom is 0.383 e. The highest BCUT2D eigenvalue weighted by Crippen LogP contribution is 2.59. The summed E-state index contributed by atoms with van der Waals surface area (Å²) in [5.41, 5.74) is 6.19. The number of allylic oxidation sites excluding steroid dienone is 1. The van der Waals surface area contributed by atoms with Crippen molar-refractivity contribution in [3.8, 4) is 22.6 Å². The van der Waals surface area contributed by atoms with Crippen LogP contribution >= 0.6 is 15.2 Å². The molecule has 0 aromatic heterocycles. The van der Waals surface area contributed by atoms with E-state index in [0.717, 1.165) is 64.6 Å². The van der Waals surface area contributed by atoms with E-state index in [0.29, 0.717) is 17.1 Å². The van der Waals surface area contributed by atoms with Gasteiger partial charge < -0.3 is 18.1 Å². The lowest BCUT2D eigenvalue weighted by Crippen LogP contribution is -2.18. The highest BCUT2D eigenvalue weighted by molar-refractivity contribution is 7.53. The van der Waals surface area contributed by atoms with Crippen LogP contribution in [-0.4, -0.2) is 14.2 Å². The summed E-state index contributed by atoms with van der Waals surface area (Å²) in [5, 5.41) is 0. The molecule has 2 unspecified atom stereocenters. The normalized spacial score (nSPS) is 14.1. The Kier molecular flexibility index (Phi) is 13.3. The number of aryl methyl sites for hydroxylation is 1. The molecule has 4 rings (SSSR count). The Morgan fingerprint density at radius 2 is 1.24 bits per heavy atom. The van der Waals surface area contributed by atoms with Gasteiger partial charge in [-0.15, -0.1) is 0 Å². The lowest BCUT2D eigenvalue weighted by atomic mass is 9.79. The Labute approximate surface area is 293 Å². The Morgan fingerprint density at radius 3 is 1.69 bits per heavy atom. The zero-order valence-electron chi connectivity index (χ0n) is 30.2. The van der Waals surface area contributed by atoms with Gasteiger partial charge in [0.2, 0.25) is 0 Å². The van der Waals surface area contributed by atoms with Crippen LogP contribution in [0.2, 0.25) is 0 Å². The third kappa shape index (κ3) is 10.3. The lowest BCUT2D eigenvalue weighted by molar-refractivity contribution is 0.317. The van der Waals surface area contributed by atoms with E-state index in [2.05, 4.69) is 27.4 Å². The molecule has 0 saturated carbocycles. The molecular formula is C41H52O6P2. The molecule has 0 amide bonds. The summed E-state index contributed by atoms with van der Waals surface area (Å²) < 4.78 is 53.6. The summed E-state index contributed by atoms with van der Waals surface area (Å²) in [6.07, 6.45) is 5.52. The smallest absolute Gasteiger partial charge is 0.383 e. The molecule has 4 aromatic rings. The van der Waals surface area contributed by atoms with Crippen LogP contribution in [-0.2, 0) is 35.9 Å². The first-order chi connectivity index (χ1) is 23.3. The molecular weight excluding hydrogens is 650 g/mol. The van der Waals surface area contributed by atoms with E-state index >= 15 is 0 Å². The second-order valence-electron chi connectivity index (χ2n) is 13.4. The van der Waals surface area contributed by atoms with Gasteiger partial charge in [0.1, 0.15) is 11.5 Å². The van der Waals surface area contributed by atoms with Crippen molar-refractivity contribution in [3.63, 3.8) is 0 Å². The molecule has 49 heavy (non-hydrogen) atoms. The van der Waals surface area contributed by atoms with Crippen LogP contribution in [0.3, 0.4) is 0 Å². The molecule has 8 heteroatoms. The number of rotatable bonds is 18. The van der Waals surface area contributed by atoms with E-state index in [-0.39, 0.29) is 17.7 Å². The van der Waals surface area contributed by atoms with Crippen molar-refractivity contribution in [3.05, 3.63) is 125 Å². The van der Waals surface area contributed by atoms with Gasteiger partial charge in [0, 0.05) is 14.2 Å². The van der Waals surface area contributed by atoms with E-state index < -0.39 is 15.2 Å². The number of hydrogen-bond donors (Lipinski definition) is 0. The molecule has 0 radical (unpaired) electrons. The van der Waals surface area contributed by atoms with Crippen molar-refractivity contribution in [2.24, 2.45) is 0 Å². The third-order valence-corrected chi connectivity index (χ3v) is 12.4. The van der Waals surface area contributed by atoms with Crippen LogP contribution in [0.25, 0.3) is 16.7 Å². The molecule has 0 heterocycles. The van der Waals surface area contributed by atoms with Gasteiger partial charge in [-0.1, -0.05) is 143 Å². The largest absolute Gasteiger partial charge is 0.423 e. The Balaban J connectivity index is 2.00. The monoisotopic (exact) mass is 702 g/mol. The fourth-order valence-electron chi connectivity index (χ4n) is 5.95. The molecule has 6 nitrogen and oxygen atoms in total. The Hall–Kier alpha value is -3.40. The number of hydrogen-bond acceptors (Lipinski definition) is 6. The van der Waals surface area contributed by atoms with Gasteiger partial charge in [-0.25, -0.2) is 9.13 Å². The van der Waals surface area contributed by atoms with Gasteiger partial charge >= 0.3 is 15.2 Å². The number of benzene rings is 4. The van der Waals surface area contributed by atoms with Crippen LogP contribution < -0.4 is 9.05 Å². The minimum absolute atomic E-state index is 0.0658. The van der Waals surface area contributed by atoms with Crippen molar-refractivity contribution in [1.29, 1.82) is 0 Å². The number of unbranched alkanes of at least 4 members (excludes halogenated alkanes) is 3. The minimum atomic E-state index is -3.76. The van der Waals surface area contributed by atoms with E-state index in [1.807, 2.05) is 105 Å². The second kappa shape index (κ2) is 17.0. The predicted molar refractivity (Wildman–Crippen MR) is 204 cm³/mol.